The van der Waals surface area contributed by atoms with E-state index in [1.807, 2.05) is 0 Å². The van der Waals surface area contributed by atoms with Crippen LogP contribution >= 0.6 is 0 Å². The molecule has 2 heterocycles. The molecule has 0 saturated heterocycles. The maximum atomic E-state index is 13.5. The van der Waals surface area contributed by atoms with E-state index in [1.165, 1.54) is 12.4 Å². The number of H-pyrrole nitrogens is 1. The standard InChI is InChI=1S/C12H12FN7O/c1-20-10(15-5-16-20)4-9-11-7(12(21)19-18-9)2-6(13)3-8(11)17-14/h2-3,5,17H,4,14H2,1H3,(H,19,21). The Morgan fingerprint density at radius 2 is 2.29 bits per heavy atom. The van der Waals surface area contributed by atoms with Crippen molar-refractivity contribution in [3.8, 4) is 0 Å². The molecule has 0 bridgehead atoms. The van der Waals surface area contributed by atoms with Crippen molar-refractivity contribution < 1.29 is 4.39 Å². The van der Waals surface area contributed by atoms with Crippen LogP contribution < -0.4 is 16.8 Å². The summed E-state index contributed by atoms with van der Waals surface area (Å²) >= 11 is 0. The molecule has 108 valence electrons. The van der Waals surface area contributed by atoms with Crippen LogP contribution in [-0.4, -0.2) is 25.0 Å². The van der Waals surface area contributed by atoms with Gasteiger partial charge in [0.05, 0.1) is 23.2 Å². The number of nitrogens with two attached hydrogens (primary N) is 1. The summed E-state index contributed by atoms with van der Waals surface area (Å²) in [6.45, 7) is 0. The molecule has 3 rings (SSSR count). The van der Waals surface area contributed by atoms with Crippen LogP contribution in [0.15, 0.2) is 23.3 Å². The predicted molar refractivity (Wildman–Crippen MR) is 73.9 cm³/mol. The van der Waals surface area contributed by atoms with Gasteiger partial charge in [0.25, 0.3) is 5.56 Å². The van der Waals surface area contributed by atoms with Crippen LogP contribution in [0.25, 0.3) is 10.8 Å². The van der Waals surface area contributed by atoms with Gasteiger partial charge in [0.1, 0.15) is 18.0 Å². The number of nitrogens with one attached hydrogen (secondary N) is 2. The van der Waals surface area contributed by atoms with Gasteiger partial charge in [-0.2, -0.15) is 10.2 Å². The maximum Gasteiger partial charge on any atom is 0.272 e. The molecule has 0 fully saturated rings. The average molecular weight is 289 g/mol. The average Bonchev–Trinajstić information content (AvgIpc) is 2.86. The van der Waals surface area contributed by atoms with Gasteiger partial charge in [0.2, 0.25) is 0 Å². The highest BCUT2D eigenvalue weighted by atomic mass is 19.1. The Morgan fingerprint density at radius 3 is 2.95 bits per heavy atom. The Morgan fingerprint density at radius 1 is 1.48 bits per heavy atom. The Kier molecular flexibility index (Phi) is 3.10. The fourth-order valence-electron chi connectivity index (χ4n) is 2.20. The number of rotatable bonds is 3. The molecule has 21 heavy (non-hydrogen) atoms. The molecule has 0 aliphatic carbocycles. The SMILES string of the molecule is Cn1ncnc1Cc1n[nH]c(=O)c2cc(F)cc(NN)c12. The van der Waals surface area contributed by atoms with Gasteiger partial charge in [-0.3, -0.25) is 15.3 Å². The van der Waals surface area contributed by atoms with Gasteiger partial charge >= 0.3 is 0 Å². The lowest BCUT2D eigenvalue weighted by Crippen LogP contribution is -2.16. The zero-order valence-corrected chi connectivity index (χ0v) is 11.1. The summed E-state index contributed by atoms with van der Waals surface area (Å²) < 4.78 is 15.1. The van der Waals surface area contributed by atoms with E-state index in [0.29, 0.717) is 29.0 Å². The van der Waals surface area contributed by atoms with Crippen LogP contribution in [-0.2, 0) is 13.5 Å². The summed E-state index contributed by atoms with van der Waals surface area (Å²) in [4.78, 5) is 15.9. The maximum absolute atomic E-state index is 13.5. The highest BCUT2D eigenvalue weighted by Crippen LogP contribution is 2.25. The third kappa shape index (κ3) is 2.23. The minimum absolute atomic E-state index is 0.176. The first-order chi connectivity index (χ1) is 10.1. The van der Waals surface area contributed by atoms with Crippen LogP contribution in [0.2, 0.25) is 0 Å². The smallest absolute Gasteiger partial charge is 0.272 e. The molecular formula is C12H12FN7O. The van der Waals surface area contributed by atoms with Crippen molar-refractivity contribution in [2.24, 2.45) is 12.9 Å². The van der Waals surface area contributed by atoms with Crippen LogP contribution in [0, 0.1) is 5.82 Å². The number of aryl methyl sites for hydroxylation is 1. The number of hydrogen-bond acceptors (Lipinski definition) is 6. The number of nitrogens with zero attached hydrogens (tertiary/aromatic N) is 4. The molecule has 1 aromatic carbocycles. The van der Waals surface area contributed by atoms with E-state index in [2.05, 4.69) is 25.7 Å². The largest absolute Gasteiger partial charge is 0.323 e. The first kappa shape index (κ1) is 13.2. The molecule has 0 spiro atoms. The molecule has 8 nitrogen and oxygen atoms in total. The summed E-state index contributed by atoms with van der Waals surface area (Å²) in [6, 6.07) is 2.36. The van der Waals surface area contributed by atoms with E-state index < -0.39 is 11.4 Å². The van der Waals surface area contributed by atoms with Gasteiger partial charge in [-0.15, -0.1) is 0 Å². The van der Waals surface area contributed by atoms with Crippen LogP contribution in [0.1, 0.15) is 11.5 Å². The Labute approximate surface area is 117 Å². The third-order valence-electron chi connectivity index (χ3n) is 3.21. The topological polar surface area (TPSA) is 115 Å². The first-order valence-electron chi connectivity index (χ1n) is 6.10. The van der Waals surface area contributed by atoms with Crippen molar-refractivity contribution in [1.29, 1.82) is 0 Å². The number of aromatic nitrogens is 5. The molecular weight excluding hydrogens is 277 g/mol. The van der Waals surface area contributed by atoms with Crippen LogP contribution in [0.4, 0.5) is 10.1 Å². The number of benzene rings is 1. The normalized spacial score (nSPS) is 11.0. The molecule has 0 unspecified atom stereocenters. The second-order valence-electron chi connectivity index (χ2n) is 4.50. The van der Waals surface area contributed by atoms with Gasteiger partial charge in [-0.05, 0) is 12.1 Å². The zero-order chi connectivity index (χ0) is 15.0. The van der Waals surface area contributed by atoms with Gasteiger partial charge in [-0.1, -0.05) is 0 Å². The second kappa shape index (κ2) is 4.94. The number of aromatic amines is 1. The van der Waals surface area contributed by atoms with E-state index in [9.17, 15) is 9.18 Å². The number of halogens is 1. The Balaban J connectivity index is 2.26. The molecule has 0 saturated carbocycles. The monoisotopic (exact) mass is 289 g/mol. The van der Waals surface area contributed by atoms with Gasteiger partial charge in [-0.25, -0.2) is 14.5 Å². The van der Waals surface area contributed by atoms with Crippen molar-refractivity contribution in [1.82, 2.24) is 25.0 Å². The number of nitrogen functional groups attached to an aromatic ring is 1. The fourth-order valence-corrected chi connectivity index (χ4v) is 2.20. The van der Waals surface area contributed by atoms with Crippen molar-refractivity contribution in [3.05, 3.63) is 46.1 Å². The van der Waals surface area contributed by atoms with E-state index in [4.69, 9.17) is 5.84 Å². The predicted octanol–water partition coefficient (Wildman–Crippen LogP) is 0.0671. The van der Waals surface area contributed by atoms with Gasteiger partial charge in [0.15, 0.2) is 0 Å². The van der Waals surface area contributed by atoms with Crippen LogP contribution in [0.5, 0.6) is 0 Å². The Bertz CT molecular complexity index is 870. The van der Waals surface area contributed by atoms with Gasteiger partial charge in [0, 0.05) is 12.4 Å². The molecule has 0 atom stereocenters. The van der Waals surface area contributed by atoms with Crippen molar-refractivity contribution >= 4 is 16.5 Å². The number of hydrogen-bond donors (Lipinski definition) is 3. The highest BCUT2D eigenvalue weighted by Gasteiger charge is 2.15. The lowest BCUT2D eigenvalue weighted by Gasteiger charge is -2.09. The number of anilines is 1. The third-order valence-corrected chi connectivity index (χ3v) is 3.21. The molecule has 0 radical (unpaired) electrons. The lowest BCUT2D eigenvalue weighted by molar-refractivity contribution is 0.629. The van der Waals surface area contributed by atoms with E-state index in [0.717, 1.165) is 6.07 Å². The molecule has 4 N–H and O–H groups in total. The van der Waals surface area contributed by atoms with Crippen molar-refractivity contribution in [2.45, 2.75) is 6.42 Å². The quantitative estimate of drug-likeness (QED) is 0.464. The van der Waals surface area contributed by atoms with Crippen LogP contribution in [0.3, 0.4) is 0 Å². The van der Waals surface area contributed by atoms with Crippen molar-refractivity contribution in [2.75, 3.05) is 5.43 Å². The summed E-state index contributed by atoms with van der Waals surface area (Å²) in [5, 5.41) is 11.0. The molecule has 9 heteroatoms. The lowest BCUT2D eigenvalue weighted by atomic mass is 10.1. The summed E-state index contributed by atoms with van der Waals surface area (Å²) in [5.41, 5.74) is 2.73. The summed E-state index contributed by atoms with van der Waals surface area (Å²) in [5.74, 6) is 5.51. The van der Waals surface area contributed by atoms with E-state index >= 15 is 0 Å². The van der Waals surface area contributed by atoms with Crippen molar-refractivity contribution in [3.63, 3.8) is 0 Å². The molecule has 2 aromatic heterocycles. The minimum atomic E-state index is -0.559. The summed E-state index contributed by atoms with van der Waals surface area (Å²) in [6.07, 6.45) is 1.75. The Hall–Kier alpha value is -2.81. The summed E-state index contributed by atoms with van der Waals surface area (Å²) in [7, 11) is 1.75. The fraction of sp³-hybridized carbons (Fsp3) is 0.167. The number of hydrazine groups is 1. The first-order valence-corrected chi connectivity index (χ1v) is 6.10. The second-order valence-corrected chi connectivity index (χ2v) is 4.50. The molecule has 3 aromatic rings. The molecule has 0 amide bonds. The molecule has 0 aliphatic rings. The van der Waals surface area contributed by atoms with E-state index in [-0.39, 0.29) is 5.39 Å². The number of fused-ring (bicyclic) bond motifs is 1. The highest BCUT2D eigenvalue weighted by molar-refractivity contribution is 5.95. The van der Waals surface area contributed by atoms with E-state index in [1.54, 1.807) is 11.7 Å². The minimum Gasteiger partial charge on any atom is -0.323 e. The molecule has 0 aliphatic heterocycles. The zero-order valence-electron chi connectivity index (χ0n) is 11.1. The van der Waals surface area contributed by atoms with Gasteiger partial charge < -0.3 is 5.43 Å².